The van der Waals surface area contributed by atoms with Crippen LogP contribution in [0, 0.1) is 5.41 Å². The molecule has 2 heterocycles. The fourth-order valence-corrected chi connectivity index (χ4v) is 7.38. The molecule has 2 aliphatic heterocycles. The number of benzene rings is 4. The zero-order valence-electron chi connectivity index (χ0n) is 18.9. The predicted molar refractivity (Wildman–Crippen MR) is 129 cm³/mol. The Morgan fingerprint density at radius 3 is 1.62 bits per heavy atom. The molecule has 4 aromatic carbocycles. The predicted octanol–water partition coefficient (Wildman–Crippen LogP) is 5.72. The summed E-state index contributed by atoms with van der Waals surface area (Å²) >= 11 is 0. The lowest BCUT2D eigenvalue weighted by Gasteiger charge is -2.39. The van der Waals surface area contributed by atoms with Gasteiger partial charge >= 0.3 is 5.97 Å². The van der Waals surface area contributed by atoms with Crippen molar-refractivity contribution in [1.29, 1.82) is 0 Å². The van der Waals surface area contributed by atoms with Crippen molar-refractivity contribution in [2.24, 2.45) is 5.41 Å². The molecule has 3 heteroatoms. The van der Waals surface area contributed by atoms with Crippen LogP contribution < -0.4 is 0 Å². The second-order valence-corrected chi connectivity index (χ2v) is 9.59. The molecule has 0 spiro atoms. The van der Waals surface area contributed by atoms with Gasteiger partial charge in [-0.25, -0.2) is 0 Å². The summed E-state index contributed by atoms with van der Waals surface area (Å²) in [6.07, 6.45) is 0.648. The Morgan fingerprint density at radius 1 is 0.647 bits per heavy atom. The van der Waals surface area contributed by atoms with E-state index in [2.05, 4.69) is 78.9 Å². The lowest BCUT2D eigenvalue weighted by molar-refractivity contribution is -0.158. The molecule has 4 atom stereocenters. The summed E-state index contributed by atoms with van der Waals surface area (Å²) < 4.78 is 13.0. The Morgan fingerprint density at radius 2 is 1.09 bits per heavy atom. The summed E-state index contributed by atoms with van der Waals surface area (Å²) in [6.45, 7) is 0. The first-order valence-electron chi connectivity index (χ1n) is 11.7. The van der Waals surface area contributed by atoms with Crippen molar-refractivity contribution < 1.29 is 14.3 Å². The van der Waals surface area contributed by atoms with Crippen molar-refractivity contribution >= 4 is 5.97 Å². The molecule has 0 aromatic heterocycles. The summed E-state index contributed by atoms with van der Waals surface area (Å²) in [5.74, 6) is -0.215. The number of hydrogen-bond donors (Lipinski definition) is 0. The Balaban J connectivity index is 1.68. The van der Waals surface area contributed by atoms with E-state index in [0.29, 0.717) is 6.42 Å². The van der Waals surface area contributed by atoms with E-state index in [-0.39, 0.29) is 5.97 Å². The van der Waals surface area contributed by atoms with E-state index >= 15 is 0 Å². The van der Waals surface area contributed by atoms with E-state index in [1.54, 1.807) is 0 Å². The Kier molecular flexibility index (Phi) is 3.75. The van der Waals surface area contributed by atoms with E-state index in [0.717, 1.165) is 27.8 Å². The topological polar surface area (TPSA) is 35.5 Å². The van der Waals surface area contributed by atoms with Gasteiger partial charge in [0.2, 0.25) is 0 Å². The van der Waals surface area contributed by atoms with Crippen molar-refractivity contribution in [2.45, 2.75) is 23.0 Å². The zero-order chi connectivity index (χ0) is 23.0. The first-order chi connectivity index (χ1) is 16.7. The maximum atomic E-state index is 14.0. The fraction of sp³-hybridized carbons (Fsp3) is 0.194. The van der Waals surface area contributed by atoms with Crippen LogP contribution >= 0.6 is 0 Å². The molecule has 4 aromatic rings. The number of ether oxygens (including phenoxy) is 2. The van der Waals surface area contributed by atoms with Crippen LogP contribution in [0.5, 0.6) is 0 Å². The molecule has 2 unspecified atom stereocenters. The number of esters is 1. The van der Waals surface area contributed by atoms with Gasteiger partial charge < -0.3 is 9.47 Å². The molecule has 3 aliphatic rings. The van der Waals surface area contributed by atoms with Gasteiger partial charge in [-0.3, -0.25) is 4.79 Å². The molecule has 0 radical (unpaired) electrons. The largest absolute Gasteiger partial charge is 0.468 e. The van der Waals surface area contributed by atoms with Crippen LogP contribution in [0.1, 0.15) is 34.2 Å². The summed E-state index contributed by atoms with van der Waals surface area (Å²) in [5.41, 5.74) is 2.08. The van der Waals surface area contributed by atoms with Gasteiger partial charge in [0, 0.05) is 0 Å². The number of hydrogen-bond acceptors (Lipinski definition) is 3. The van der Waals surface area contributed by atoms with Gasteiger partial charge in [0.25, 0.3) is 0 Å². The first kappa shape index (κ1) is 19.7. The van der Waals surface area contributed by atoms with Gasteiger partial charge in [-0.2, -0.15) is 0 Å². The molecule has 0 N–H and O–H groups in total. The van der Waals surface area contributed by atoms with E-state index in [1.807, 2.05) is 36.4 Å². The normalized spacial score (nSPS) is 32.0. The molecular formula is C31H24O3. The maximum Gasteiger partial charge on any atom is 0.316 e. The molecule has 34 heavy (non-hydrogen) atoms. The Hall–Kier alpha value is -3.69. The third kappa shape index (κ3) is 1.87. The lowest BCUT2D eigenvalue weighted by Crippen LogP contribution is -2.47. The quantitative estimate of drug-likeness (QED) is 0.378. The van der Waals surface area contributed by atoms with Crippen LogP contribution in [0.15, 0.2) is 115 Å². The van der Waals surface area contributed by atoms with Gasteiger partial charge in [-0.1, -0.05) is 115 Å². The van der Waals surface area contributed by atoms with Crippen LogP contribution in [0.2, 0.25) is 0 Å². The number of carbonyl (C=O) groups is 1. The van der Waals surface area contributed by atoms with Gasteiger partial charge in [-0.15, -0.1) is 0 Å². The molecule has 1 saturated heterocycles. The van der Waals surface area contributed by atoms with Gasteiger partial charge in [0.1, 0.15) is 16.6 Å². The van der Waals surface area contributed by atoms with E-state index < -0.39 is 22.0 Å². The highest BCUT2D eigenvalue weighted by Crippen LogP contribution is 2.90. The van der Waals surface area contributed by atoms with Crippen LogP contribution in [0.3, 0.4) is 0 Å². The number of rotatable bonds is 4. The second kappa shape index (κ2) is 6.46. The summed E-state index contributed by atoms with van der Waals surface area (Å²) in [7, 11) is 1.50. The number of methoxy groups -OCH3 is 1. The molecule has 2 bridgehead atoms. The standard InChI is InChI=1S/C31H24O3/c1-33-27(32)29-21-28(29,22-13-5-2-6-14-22)30(23-15-7-3-8-16-23)25-19-11-12-20-26(25)31(29,34-30)24-17-9-4-10-18-24/h2-20H,21H2,1H3/t28?,29?,30-,31+/m0/s1. The Bertz CT molecular complexity index is 1420. The average Bonchev–Trinajstić information content (AvgIpc) is 3.49. The molecule has 3 nitrogen and oxygen atoms in total. The smallest absolute Gasteiger partial charge is 0.316 e. The third-order valence-corrected chi connectivity index (χ3v) is 8.49. The molecule has 1 saturated carbocycles. The van der Waals surface area contributed by atoms with Crippen molar-refractivity contribution in [3.05, 3.63) is 143 Å². The number of fused-ring (bicyclic) bond motifs is 8. The van der Waals surface area contributed by atoms with E-state index in [9.17, 15) is 4.79 Å². The monoisotopic (exact) mass is 444 g/mol. The fourth-order valence-electron chi connectivity index (χ4n) is 7.38. The van der Waals surface area contributed by atoms with Crippen molar-refractivity contribution in [2.75, 3.05) is 7.11 Å². The summed E-state index contributed by atoms with van der Waals surface area (Å²) in [6, 6.07) is 39.4. The first-order valence-corrected chi connectivity index (χ1v) is 11.7. The molecule has 2 fully saturated rings. The van der Waals surface area contributed by atoms with Crippen LogP contribution in [0.25, 0.3) is 0 Å². The minimum atomic E-state index is -0.955. The minimum Gasteiger partial charge on any atom is -0.468 e. The molecular weight excluding hydrogens is 420 g/mol. The SMILES string of the molecule is COC(=O)C12CC1(c1ccccc1)[C@@]1(c3ccccc3)O[C@]2(c2ccccc2)c2ccccc21. The highest BCUT2D eigenvalue weighted by atomic mass is 16.6. The lowest BCUT2D eigenvalue weighted by atomic mass is 9.58. The van der Waals surface area contributed by atoms with Crippen LogP contribution in [-0.2, 0) is 30.9 Å². The Labute approximate surface area is 199 Å². The van der Waals surface area contributed by atoms with Crippen LogP contribution in [0.4, 0.5) is 0 Å². The maximum absolute atomic E-state index is 14.0. The molecule has 166 valence electrons. The van der Waals surface area contributed by atoms with E-state index in [4.69, 9.17) is 9.47 Å². The van der Waals surface area contributed by atoms with Gasteiger partial charge in [0.15, 0.2) is 0 Å². The third-order valence-electron chi connectivity index (χ3n) is 8.49. The van der Waals surface area contributed by atoms with Crippen molar-refractivity contribution in [1.82, 2.24) is 0 Å². The van der Waals surface area contributed by atoms with Crippen molar-refractivity contribution in [3.8, 4) is 0 Å². The summed E-state index contributed by atoms with van der Waals surface area (Å²) in [4.78, 5) is 14.0. The summed E-state index contributed by atoms with van der Waals surface area (Å²) in [5, 5.41) is 0. The van der Waals surface area contributed by atoms with Gasteiger partial charge in [0.05, 0.1) is 12.5 Å². The highest BCUT2D eigenvalue weighted by Gasteiger charge is 2.97. The molecule has 1 aliphatic carbocycles. The molecule has 7 rings (SSSR count). The number of carbonyl (C=O) groups excluding carboxylic acids is 1. The average molecular weight is 445 g/mol. The minimum absolute atomic E-state index is 0.215. The van der Waals surface area contributed by atoms with Crippen LogP contribution in [-0.4, -0.2) is 13.1 Å². The highest BCUT2D eigenvalue weighted by molar-refractivity contribution is 5.92. The molecule has 0 amide bonds. The second-order valence-electron chi connectivity index (χ2n) is 9.59. The van der Waals surface area contributed by atoms with E-state index in [1.165, 1.54) is 7.11 Å². The zero-order valence-corrected chi connectivity index (χ0v) is 18.9. The van der Waals surface area contributed by atoms with Gasteiger partial charge in [-0.05, 0) is 34.2 Å². The van der Waals surface area contributed by atoms with Crippen molar-refractivity contribution in [3.63, 3.8) is 0 Å².